The van der Waals surface area contributed by atoms with Crippen LogP contribution in [0.5, 0.6) is 5.75 Å². The predicted octanol–water partition coefficient (Wildman–Crippen LogP) is 4.45. The molecule has 0 spiro atoms. The molecule has 1 aromatic carbocycles. The third-order valence-electron chi connectivity index (χ3n) is 5.55. The van der Waals surface area contributed by atoms with Crippen LogP contribution in [0, 0.1) is 13.8 Å². The van der Waals surface area contributed by atoms with Crippen LogP contribution in [0.2, 0.25) is 0 Å². The lowest BCUT2D eigenvalue weighted by Gasteiger charge is -2.14. The van der Waals surface area contributed by atoms with E-state index in [-0.39, 0.29) is 11.9 Å². The third-order valence-corrected chi connectivity index (χ3v) is 6.52. The number of thioether (sulfide) groups is 1. The molecular formula is C23H27N3O3S. The van der Waals surface area contributed by atoms with Crippen molar-refractivity contribution in [2.24, 2.45) is 0 Å². The van der Waals surface area contributed by atoms with Crippen molar-refractivity contribution in [1.29, 1.82) is 0 Å². The van der Waals surface area contributed by atoms with E-state index in [1.807, 2.05) is 48.0 Å². The van der Waals surface area contributed by atoms with Gasteiger partial charge in [0.15, 0.2) is 10.9 Å². The van der Waals surface area contributed by atoms with Crippen LogP contribution in [-0.4, -0.2) is 45.5 Å². The van der Waals surface area contributed by atoms with Crippen LogP contribution < -0.4 is 4.74 Å². The highest BCUT2D eigenvalue weighted by Crippen LogP contribution is 2.26. The predicted molar refractivity (Wildman–Crippen MR) is 118 cm³/mol. The average molecular weight is 426 g/mol. The second kappa shape index (κ2) is 9.10. The minimum atomic E-state index is 0.117. The molecule has 1 unspecified atom stereocenters. The lowest BCUT2D eigenvalue weighted by molar-refractivity contribution is 0.0957. The Hall–Kier alpha value is -2.51. The van der Waals surface area contributed by atoms with Crippen molar-refractivity contribution in [2.75, 3.05) is 19.5 Å². The molecule has 30 heavy (non-hydrogen) atoms. The number of hydrogen-bond donors (Lipinski definition) is 0. The Bertz CT molecular complexity index is 1030. The first-order chi connectivity index (χ1) is 14.6. The van der Waals surface area contributed by atoms with Crippen molar-refractivity contribution < 1.29 is 14.3 Å². The molecule has 6 nitrogen and oxygen atoms in total. The van der Waals surface area contributed by atoms with Crippen molar-refractivity contribution in [3.63, 3.8) is 0 Å². The summed E-state index contributed by atoms with van der Waals surface area (Å²) in [6.45, 7) is 5.74. The van der Waals surface area contributed by atoms with Crippen molar-refractivity contribution in [3.8, 4) is 11.4 Å². The molecule has 0 saturated carbocycles. The first-order valence-corrected chi connectivity index (χ1v) is 11.2. The van der Waals surface area contributed by atoms with Crippen LogP contribution in [-0.2, 0) is 11.3 Å². The minimum Gasteiger partial charge on any atom is -0.497 e. The van der Waals surface area contributed by atoms with Crippen LogP contribution in [0.1, 0.15) is 34.6 Å². The fraction of sp³-hybridized carbons (Fsp3) is 0.391. The van der Waals surface area contributed by atoms with E-state index in [9.17, 15) is 4.79 Å². The molecule has 2 aromatic heterocycles. The number of carbonyl (C=O) groups is 1. The molecule has 3 aromatic rings. The Morgan fingerprint density at radius 1 is 1.33 bits per heavy atom. The van der Waals surface area contributed by atoms with Gasteiger partial charge in [-0.05, 0) is 44.9 Å². The second-order valence-corrected chi connectivity index (χ2v) is 8.47. The molecule has 3 heterocycles. The molecule has 0 bridgehead atoms. The number of ether oxygens (including phenoxy) is 2. The number of nitrogens with zero attached hydrogens (tertiary/aromatic N) is 3. The van der Waals surface area contributed by atoms with Gasteiger partial charge in [-0.3, -0.25) is 9.36 Å². The highest BCUT2D eigenvalue weighted by molar-refractivity contribution is 7.99. The minimum absolute atomic E-state index is 0.117. The van der Waals surface area contributed by atoms with Crippen LogP contribution in [0.15, 0.2) is 47.9 Å². The van der Waals surface area contributed by atoms with Crippen molar-refractivity contribution in [1.82, 2.24) is 14.1 Å². The number of methoxy groups -OCH3 is 1. The number of benzene rings is 1. The van der Waals surface area contributed by atoms with Gasteiger partial charge in [-0.15, -0.1) is 0 Å². The standard InChI is InChI=1S/C23H27N3O3S/c1-16-12-21(17(2)26(16)14-20-8-5-11-29-20)22(27)15-30-23-24-9-10-25(23)18-6-4-7-19(13-18)28-3/h4,6-7,9-10,12-13,20H,5,8,11,14-15H2,1-3H3. The molecule has 1 aliphatic heterocycles. The summed E-state index contributed by atoms with van der Waals surface area (Å²) in [7, 11) is 1.65. The topological polar surface area (TPSA) is 58.3 Å². The number of aromatic nitrogens is 3. The van der Waals surface area contributed by atoms with E-state index in [1.54, 1.807) is 13.3 Å². The summed E-state index contributed by atoms with van der Waals surface area (Å²) < 4.78 is 15.3. The number of aryl methyl sites for hydroxylation is 1. The molecule has 0 aliphatic carbocycles. The SMILES string of the molecule is COc1cccc(-n2ccnc2SCC(=O)c2cc(C)n(CC3CCCO3)c2C)c1. The van der Waals surface area contributed by atoms with Crippen LogP contribution in [0.4, 0.5) is 0 Å². The zero-order valence-electron chi connectivity index (χ0n) is 17.6. The Balaban J connectivity index is 1.46. The van der Waals surface area contributed by atoms with Gasteiger partial charge in [-0.1, -0.05) is 17.8 Å². The van der Waals surface area contributed by atoms with Gasteiger partial charge < -0.3 is 14.0 Å². The van der Waals surface area contributed by atoms with E-state index in [0.717, 1.165) is 59.5 Å². The number of imidazole rings is 1. The van der Waals surface area contributed by atoms with E-state index in [4.69, 9.17) is 9.47 Å². The monoisotopic (exact) mass is 425 g/mol. The molecule has 1 fully saturated rings. The number of Topliss-reactive ketones (excluding diaryl/α,β-unsaturated/α-hetero) is 1. The maximum Gasteiger partial charge on any atom is 0.175 e. The lowest BCUT2D eigenvalue weighted by atomic mass is 10.2. The quantitative estimate of drug-likeness (QED) is 0.394. The van der Waals surface area contributed by atoms with E-state index < -0.39 is 0 Å². The van der Waals surface area contributed by atoms with Gasteiger partial charge in [0.1, 0.15) is 5.75 Å². The van der Waals surface area contributed by atoms with E-state index >= 15 is 0 Å². The van der Waals surface area contributed by atoms with E-state index in [2.05, 4.69) is 16.5 Å². The van der Waals surface area contributed by atoms with Crippen LogP contribution in [0.3, 0.4) is 0 Å². The molecular weight excluding hydrogens is 398 g/mol. The normalized spacial score (nSPS) is 16.2. The molecule has 0 radical (unpaired) electrons. The summed E-state index contributed by atoms with van der Waals surface area (Å²) in [6, 6.07) is 9.79. The Morgan fingerprint density at radius 2 is 2.20 bits per heavy atom. The van der Waals surface area contributed by atoms with Gasteiger partial charge in [0.2, 0.25) is 0 Å². The van der Waals surface area contributed by atoms with Gasteiger partial charge in [0.25, 0.3) is 0 Å². The Labute approximate surface area is 181 Å². The van der Waals surface area contributed by atoms with Crippen LogP contribution in [0.25, 0.3) is 5.69 Å². The Morgan fingerprint density at radius 3 is 2.97 bits per heavy atom. The van der Waals surface area contributed by atoms with Gasteiger partial charge in [-0.25, -0.2) is 4.98 Å². The second-order valence-electron chi connectivity index (χ2n) is 7.52. The van der Waals surface area contributed by atoms with E-state index in [0.29, 0.717) is 5.75 Å². The molecule has 7 heteroatoms. The summed E-state index contributed by atoms with van der Waals surface area (Å²) in [6.07, 6.45) is 6.10. The summed E-state index contributed by atoms with van der Waals surface area (Å²) >= 11 is 1.45. The lowest BCUT2D eigenvalue weighted by Crippen LogP contribution is -2.17. The van der Waals surface area contributed by atoms with Gasteiger partial charge in [0.05, 0.1) is 24.7 Å². The van der Waals surface area contributed by atoms with Gasteiger partial charge >= 0.3 is 0 Å². The number of hydrogen-bond acceptors (Lipinski definition) is 5. The fourth-order valence-corrected chi connectivity index (χ4v) is 4.77. The van der Waals surface area contributed by atoms with Crippen molar-refractivity contribution >= 4 is 17.5 Å². The number of carbonyl (C=O) groups excluding carboxylic acids is 1. The number of rotatable bonds is 8. The third kappa shape index (κ3) is 4.32. The summed E-state index contributed by atoms with van der Waals surface area (Å²) in [4.78, 5) is 17.4. The molecule has 1 atom stereocenters. The molecule has 4 rings (SSSR count). The first-order valence-electron chi connectivity index (χ1n) is 10.2. The molecule has 0 N–H and O–H groups in total. The summed E-state index contributed by atoms with van der Waals surface area (Å²) in [5.41, 5.74) is 3.87. The molecule has 0 amide bonds. The van der Waals surface area contributed by atoms with Crippen molar-refractivity contribution in [2.45, 2.75) is 44.5 Å². The smallest absolute Gasteiger partial charge is 0.175 e. The Kier molecular flexibility index (Phi) is 6.29. The maximum atomic E-state index is 13.0. The highest BCUT2D eigenvalue weighted by atomic mass is 32.2. The maximum absolute atomic E-state index is 13.0. The zero-order valence-corrected chi connectivity index (χ0v) is 18.4. The molecule has 1 saturated heterocycles. The van der Waals surface area contributed by atoms with E-state index in [1.165, 1.54) is 11.8 Å². The average Bonchev–Trinajstić information content (AvgIpc) is 3.50. The zero-order chi connectivity index (χ0) is 21.1. The van der Waals surface area contributed by atoms with Crippen molar-refractivity contribution in [3.05, 3.63) is 59.7 Å². The molecule has 1 aliphatic rings. The van der Waals surface area contributed by atoms with Gasteiger partial charge in [0, 0.05) is 48.6 Å². The van der Waals surface area contributed by atoms with Gasteiger partial charge in [-0.2, -0.15) is 0 Å². The summed E-state index contributed by atoms with van der Waals surface area (Å²) in [5.74, 6) is 1.24. The fourth-order valence-electron chi connectivity index (χ4n) is 3.92. The van der Waals surface area contributed by atoms with Crippen LogP contribution >= 0.6 is 11.8 Å². The molecule has 158 valence electrons. The number of ketones is 1. The first kappa shape index (κ1) is 20.8. The largest absolute Gasteiger partial charge is 0.497 e. The highest BCUT2D eigenvalue weighted by Gasteiger charge is 2.21. The summed E-state index contributed by atoms with van der Waals surface area (Å²) in [5, 5.41) is 0.782.